The van der Waals surface area contributed by atoms with Gasteiger partial charge in [-0.15, -0.1) is 11.8 Å². The molecule has 1 saturated heterocycles. The molecule has 2 aliphatic rings. The fourth-order valence-electron chi connectivity index (χ4n) is 3.55. The highest BCUT2D eigenvalue weighted by Gasteiger charge is 2.52. The molecule has 3 atom stereocenters. The van der Waals surface area contributed by atoms with E-state index in [0.717, 1.165) is 5.75 Å². The summed E-state index contributed by atoms with van der Waals surface area (Å²) in [5.41, 5.74) is 3.54. The molecule has 4 rings (SSSR count). The van der Waals surface area contributed by atoms with Gasteiger partial charge in [-0.05, 0) is 30.2 Å². The van der Waals surface area contributed by atoms with Gasteiger partial charge < -0.3 is 4.90 Å². The van der Waals surface area contributed by atoms with Crippen LogP contribution >= 0.6 is 11.8 Å². The fourth-order valence-corrected chi connectivity index (χ4v) is 5.07. The number of benzene rings is 2. The molecule has 1 fully saturated rings. The monoisotopic (exact) mass is 292 g/mol. The zero-order valence-electron chi connectivity index (χ0n) is 11.9. The first-order chi connectivity index (χ1) is 10.2. The van der Waals surface area contributed by atoms with Gasteiger partial charge >= 0.3 is 0 Å². The number of hydrogen-bond acceptors (Lipinski definition) is 3. The van der Waals surface area contributed by atoms with Gasteiger partial charge in [0.25, 0.3) is 0 Å². The summed E-state index contributed by atoms with van der Waals surface area (Å²) in [6.45, 7) is 2.10. The molecule has 2 nitrogen and oxygen atoms in total. The lowest BCUT2D eigenvalue weighted by molar-refractivity contribution is 0.378. The van der Waals surface area contributed by atoms with E-state index < -0.39 is 0 Å². The van der Waals surface area contributed by atoms with Gasteiger partial charge in [-0.2, -0.15) is 5.26 Å². The molecule has 3 heteroatoms. The Labute approximate surface area is 129 Å². The minimum atomic E-state index is -0.358. The number of nitrogens with zero attached hydrogens (tertiary/aromatic N) is 2. The minimum Gasteiger partial charge on any atom is -0.347 e. The SMILES string of the molecule is CC1(C#N)CSC2c3ccccc3C1N2c1ccccc1. The van der Waals surface area contributed by atoms with E-state index in [0.29, 0.717) is 5.37 Å². The molecule has 0 aromatic heterocycles. The third kappa shape index (κ3) is 1.72. The molecule has 2 bridgehead atoms. The molecule has 2 aromatic carbocycles. The van der Waals surface area contributed by atoms with Crippen molar-refractivity contribution in [3.05, 3.63) is 65.7 Å². The molecule has 0 radical (unpaired) electrons. The van der Waals surface area contributed by atoms with Crippen molar-refractivity contribution in [2.45, 2.75) is 18.3 Å². The van der Waals surface area contributed by atoms with Crippen LogP contribution in [-0.2, 0) is 0 Å². The second-order valence-corrected chi connectivity index (χ2v) is 7.04. The van der Waals surface area contributed by atoms with Crippen LogP contribution in [0.25, 0.3) is 0 Å². The van der Waals surface area contributed by atoms with Crippen molar-refractivity contribution >= 4 is 17.4 Å². The molecule has 3 unspecified atom stereocenters. The van der Waals surface area contributed by atoms with Gasteiger partial charge in [0.2, 0.25) is 0 Å². The van der Waals surface area contributed by atoms with Crippen molar-refractivity contribution in [3.63, 3.8) is 0 Å². The van der Waals surface area contributed by atoms with Gasteiger partial charge in [0.15, 0.2) is 0 Å². The molecule has 2 aliphatic heterocycles. The first-order valence-corrected chi connectivity index (χ1v) is 8.24. The zero-order valence-corrected chi connectivity index (χ0v) is 12.7. The van der Waals surface area contributed by atoms with Crippen LogP contribution in [0.4, 0.5) is 5.69 Å². The van der Waals surface area contributed by atoms with E-state index in [9.17, 15) is 5.26 Å². The van der Waals surface area contributed by atoms with Crippen LogP contribution in [0.1, 0.15) is 29.5 Å². The van der Waals surface area contributed by atoms with E-state index in [1.165, 1.54) is 16.8 Å². The maximum Gasteiger partial charge on any atom is 0.102 e. The average Bonchev–Trinajstić information content (AvgIpc) is 2.82. The van der Waals surface area contributed by atoms with E-state index in [2.05, 4.69) is 66.4 Å². The summed E-state index contributed by atoms with van der Waals surface area (Å²) in [7, 11) is 0. The van der Waals surface area contributed by atoms with Crippen molar-refractivity contribution in [2.75, 3.05) is 10.7 Å². The third-order valence-electron chi connectivity index (χ3n) is 4.54. The molecule has 0 N–H and O–H groups in total. The van der Waals surface area contributed by atoms with Crippen LogP contribution in [0.3, 0.4) is 0 Å². The average molecular weight is 292 g/mol. The van der Waals surface area contributed by atoms with Crippen LogP contribution < -0.4 is 4.90 Å². The Morgan fingerprint density at radius 3 is 2.48 bits per heavy atom. The summed E-state index contributed by atoms with van der Waals surface area (Å²) < 4.78 is 0. The highest BCUT2D eigenvalue weighted by Crippen LogP contribution is 2.61. The van der Waals surface area contributed by atoms with Gasteiger partial charge in [-0.25, -0.2) is 0 Å². The summed E-state index contributed by atoms with van der Waals surface area (Å²) in [6.07, 6.45) is 0. The Balaban J connectivity index is 1.93. The standard InChI is InChI=1S/C18H16N2S/c1-18(11-19)12-21-17-15-10-6-5-9-14(15)16(18)20(17)13-7-3-2-4-8-13/h2-10,16-17H,12H2,1H3. The number of rotatable bonds is 1. The number of fused-ring (bicyclic) bond motifs is 5. The molecule has 21 heavy (non-hydrogen) atoms. The zero-order chi connectivity index (χ0) is 14.4. The quantitative estimate of drug-likeness (QED) is 0.773. The summed E-state index contributed by atoms with van der Waals surface area (Å²) in [5.74, 6) is 0.886. The van der Waals surface area contributed by atoms with Crippen LogP contribution in [0.5, 0.6) is 0 Å². The van der Waals surface area contributed by atoms with E-state index in [1.807, 2.05) is 17.8 Å². The van der Waals surface area contributed by atoms with Gasteiger partial charge in [0.1, 0.15) is 5.37 Å². The van der Waals surface area contributed by atoms with E-state index in [-0.39, 0.29) is 11.5 Å². The second kappa shape index (κ2) is 4.54. The molecule has 0 amide bonds. The topological polar surface area (TPSA) is 27.0 Å². The largest absolute Gasteiger partial charge is 0.347 e. The maximum atomic E-state index is 9.77. The van der Waals surface area contributed by atoms with Gasteiger partial charge in [0.05, 0.1) is 17.5 Å². The predicted octanol–water partition coefficient (Wildman–Crippen LogP) is 4.52. The molecular formula is C18H16N2S. The van der Waals surface area contributed by atoms with Crippen molar-refractivity contribution in [3.8, 4) is 6.07 Å². The lowest BCUT2D eigenvalue weighted by Crippen LogP contribution is -2.41. The Morgan fingerprint density at radius 2 is 1.76 bits per heavy atom. The van der Waals surface area contributed by atoms with Crippen molar-refractivity contribution in [1.82, 2.24) is 0 Å². The van der Waals surface area contributed by atoms with Crippen molar-refractivity contribution in [1.29, 1.82) is 5.26 Å². The fraction of sp³-hybridized carbons (Fsp3) is 0.278. The van der Waals surface area contributed by atoms with Gasteiger partial charge in [-0.3, -0.25) is 0 Å². The van der Waals surface area contributed by atoms with E-state index in [1.54, 1.807) is 0 Å². The highest BCUT2D eigenvalue weighted by molar-refractivity contribution is 7.99. The Morgan fingerprint density at radius 1 is 1.10 bits per heavy atom. The van der Waals surface area contributed by atoms with Crippen molar-refractivity contribution in [2.24, 2.45) is 5.41 Å². The van der Waals surface area contributed by atoms with Gasteiger partial charge in [0, 0.05) is 11.4 Å². The summed E-state index contributed by atoms with van der Waals surface area (Å²) in [4.78, 5) is 2.43. The van der Waals surface area contributed by atoms with E-state index >= 15 is 0 Å². The summed E-state index contributed by atoms with van der Waals surface area (Å²) >= 11 is 1.89. The number of anilines is 1. The first-order valence-electron chi connectivity index (χ1n) is 7.20. The Bertz CT molecular complexity index is 721. The summed E-state index contributed by atoms with van der Waals surface area (Å²) in [5, 5.41) is 10.1. The molecule has 2 heterocycles. The van der Waals surface area contributed by atoms with E-state index in [4.69, 9.17) is 0 Å². The molecular weight excluding hydrogens is 276 g/mol. The number of hydrogen-bond donors (Lipinski definition) is 0. The third-order valence-corrected chi connectivity index (χ3v) is 6.10. The van der Waals surface area contributed by atoms with Crippen molar-refractivity contribution < 1.29 is 0 Å². The summed E-state index contributed by atoms with van der Waals surface area (Å²) in [6, 6.07) is 21.8. The number of nitriles is 1. The molecule has 2 aromatic rings. The van der Waals surface area contributed by atoms with Crippen LogP contribution in [0.2, 0.25) is 0 Å². The number of para-hydroxylation sites is 1. The second-order valence-electron chi connectivity index (χ2n) is 5.97. The molecule has 104 valence electrons. The normalized spacial score (nSPS) is 29.8. The Hall–Kier alpha value is -1.92. The van der Waals surface area contributed by atoms with Gasteiger partial charge in [-0.1, -0.05) is 42.5 Å². The maximum absolute atomic E-state index is 9.77. The smallest absolute Gasteiger partial charge is 0.102 e. The lowest BCUT2D eigenvalue weighted by atomic mass is 9.81. The highest BCUT2D eigenvalue weighted by atomic mass is 32.2. The number of thioether (sulfide) groups is 1. The predicted molar refractivity (Wildman–Crippen MR) is 87.0 cm³/mol. The molecule has 0 saturated carbocycles. The molecule has 0 aliphatic carbocycles. The van der Waals surface area contributed by atoms with Crippen LogP contribution in [0, 0.1) is 16.7 Å². The minimum absolute atomic E-state index is 0.146. The lowest BCUT2D eigenvalue weighted by Gasteiger charge is -2.44. The first kappa shape index (κ1) is 12.8. The van der Waals surface area contributed by atoms with Crippen LogP contribution in [-0.4, -0.2) is 5.75 Å². The van der Waals surface area contributed by atoms with Crippen LogP contribution in [0.15, 0.2) is 54.6 Å². The Kier molecular flexibility index (Phi) is 2.77. The molecule has 0 spiro atoms.